The molecule has 0 aliphatic rings. The molecule has 268 valence electrons. The minimum absolute atomic E-state index is 0.0106. The Labute approximate surface area is 287 Å². The number of allylic oxidation sites excluding steroid dienone is 6. The Morgan fingerprint density at radius 3 is 1.67 bits per heavy atom. The van der Waals surface area contributed by atoms with Crippen LogP contribution in [0.1, 0.15) is 181 Å². The SMILES string of the molecule is CCCCCC=CCC=CCCCCCCCCC(CC=CCCCCCC=CCC(O)CCCCC)OC(=O)CCCN(C)C. The van der Waals surface area contributed by atoms with Crippen molar-refractivity contribution in [2.45, 2.75) is 193 Å². The number of aliphatic hydroxyl groups is 1. The summed E-state index contributed by atoms with van der Waals surface area (Å²) >= 11 is 0. The minimum Gasteiger partial charge on any atom is -0.462 e. The van der Waals surface area contributed by atoms with Crippen LogP contribution in [0.25, 0.3) is 0 Å². The van der Waals surface area contributed by atoms with E-state index >= 15 is 0 Å². The summed E-state index contributed by atoms with van der Waals surface area (Å²) in [6.07, 6.45) is 47.4. The Balaban J connectivity index is 4.12. The highest BCUT2D eigenvalue weighted by atomic mass is 16.5. The van der Waals surface area contributed by atoms with E-state index in [1.165, 1.54) is 96.3 Å². The summed E-state index contributed by atoms with van der Waals surface area (Å²) in [4.78, 5) is 14.6. The van der Waals surface area contributed by atoms with Gasteiger partial charge in [-0.1, -0.05) is 127 Å². The van der Waals surface area contributed by atoms with Gasteiger partial charge < -0.3 is 14.7 Å². The third-order valence-electron chi connectivity index (χ3n) is 8.53. The van der Waals surface area contributed by atoms with Crippen LogP contribution in [0.3, 0.4) is 0 Å². The van der Waals surface area contributed by atoms with Crippen LogP contribution in [0.4, 0.5) is 0 Å². The van der Waals surface area contributed by atoms with Crippen LogP contribution in [0.15, 0.2) is 48.6 Å². The van der Waals surface area contributed by atoms with Gasteiger partial charge in [-0.15, -0.1) is 0 Å². The van der Waals surface area contributed by atoms with E-state index in [1.807, 2.05) is 14.1 Å². The van der Waals surface area contributed by atoms with Crippen LogP contribution < -0.4 is 0 Å². The molecule has 0 heterocycles. The first-order valence-corrected chi connectivity index (χ1v) is 19.6. The number of rotatable bonds is 34. The maximum absolute atomic E-state index is 12.5. The Morgan fingerprint density at radius 2 is 1.07 bits per heavy atom. The lowest BCUT2D eigenvalue weighted by molar-refractivity contribution is -0.149. The molecule has 0 aromatic rings. The van der Waals surface area contributed by atoms with Crippen molar-refractivity contribution in [1.82, 2.24) is 4.90 Å². The molecule has 0 saturated heterocycles. The third-order valence-corrected chi connectivity index (χ3v) is 8.53. The first kappa shape index (κ1) is 44.4. The van der Waals surface area contributed by atoms with E-state index in [0.717, 1.165) is 70.8 Å². The van der Waals surface area contributed by atoms with Gasteiger partial charge >= 0.3 is 5.97 Å². The number of aliphatic hydroxyl groups excluding tert-OH is 1. The molecule has 0 spiro atoms. The number of unbranched alkanes of at least 4 members (excludes halogenated alkanes) is 15. The molecular formula is C42H77NO3. The van der Waals surface area contributed by atoms with E-state index in [1.54, 1.807) is 0 Å². The highest BCUT2D eigenvalue weighted by molar-refractivity contribution is 5.69. The quantitative estimate of drug-likeness (QED) is 0.0430. The van der Waals surface area contributed by atoms with E-state index in [-0.39, 0.29) is 18.2 Å². The molecule has 0 radical (unpaired) electrons. The fraction of sp³-hybridized carbons (Fsp3) is 0.786. The monoisotopic (exact) mass is 644 g/mol. The van der Waals surface area contributed by atoms with Gasteiger partial charge in [-0.05, 0) is 111 Å². The predicted octanol–water partition coefficient (Wildman–Crippen LogP) is 12.2. The van der Waals surface area contributed by atoms with Gasteiger partial charge in [0.1, 0.15) is 6.10 Å². The van der Waals surface area contributed by atoms with Gasteiger partial charge in [0.15, 0.2) is 0 Å². The lowest BCUT2D eigenvalue weighted by atomic mass is 10.0. The lowest BCUT2D eigenvalue weighted by Crippen LogP contribution is -2.19. The molecule has 0 aromatic heterocycles. The van der Waals surface area contributed by atoms with E-state index < -0.39 is 0 Å². The molecule has 0 amide bonds. The van der Waals surface area contributed by atoms with Crippen LogP contribution in [0.2, 0.25) is 0 Å². The second-order valence-corrected chi connectivity index (χ2v) is 13.6. The molecule has 2 atom stereocenters. The maximum atomic E-state index is 12.5. The summed E-state index contributed by atoms with van der Waals surface area (Å²) < 4.78 is 5.94. The Bertz CT molecular complexity index is 754. The average Bonchev–Trinajstić information content (AvgIpc) is 3.03. The molecule has 2 unspecified atom stereocenters. The third kappa shape index (κ3) is 35.2. The van der Waals surface area contributed by atoms with Gasteiger partial charge in [0.05, 0.1) is 6.10 Å². The second kappa shape index (κ2) is 36.2. The van der Waals surface area contributed by atoms with Crippen molar-refractivity contribution < 1.29 is 14.6 Å². The van der Waals surface area contributed by atoms with Crippen molar-refractivity contribution in [2.24, 2.45) is 0 Å². The zero-order chi connectivity index (χ0) is 33.8. The summed E-state index contributed by atoms with van der Waals surface area (Å²) in [5.41, 5.74) is 0. The van der Waals surface area contributed by atoms with Gasteiger partial charge in [0.25, 0.3) is 0 Å². The average molecular weight is 644 g/mol. The Morgan fingerprint density at radius 1 is 0.587 bits per heavy atom. The topological polar surface area (TPSA) is 49.8 Å². The van der Waals surface area contributed by atoms with E-state index in [9.17, 15) is 9.90 Å². The second-order valence-electron chi connectivity index (χ2n) is 13.6. The Kier molecular flexibility index (Phi) is 34.9. The molecule has 0 aliphatic carbocycles. The van der Waals surface area contributed by atoms with Gasteiger partial charge in [-0.2, -0.15) is 0 Å². The predicted molar refractivity (Wildman–Crippen MR) is 202 cm³/mol. The molecule has 0 aliphatic heterocycles. The molecule has 4 heteroatoms. The normalized spacial score (nSPS) is 13.7. The number of carbonyl (C=O) groups is 1. The molecule has 0 fully saturated rings. The highest BCUT2D eigenvalue weighted by Gasteiger charge is 2.13. The molecule has 1 N–H and O–H groups in total. The van der Waals surface area contributed by atoms with Crippen molar-refractivity contribution in [3.8, 4) is 0 Å². The van der Waals surface area contributed by atoms with Gasteiger partial charge in [0.2, 0.25) is 0 Å². The van der Waals surface area contributed by atoms with Crippen molar-refractivity contribution in [2.75, 3.05) is 20.6 Å². The first-order chi connectivity index (χ1) is 22.5. The zero-order valence-corrected chi connectivity index (χ0v) is 31.1. The highest BCUT2D eigenvalue weighted by Crippen LogP contribution is 2.16. The molecule has 0 saturated carbocycles. The van der Waals surface area contributed by atoms with Gasteiger partial charge in [-0.25, -0.2) is 0 Å². The minimum atomic E-state index is -0.172. The fourth-order valence-electron chi connectivity index (χ4n) is 5.56. The van der Waals surface area contributed by atoms with Crippen LogP contribution in [-0.4, -0.2) is 48.8 Å². The van der Waals surface area contributed by atoms with Crippen molar-refractivity contribution in [3.63, 3.8) is 0 Å². The standard InChI is InChI=1S/C42H77NO3/c1-5-7-9-10-11-12-13-14-15-16-17-18-21-24-27-31-36-41(46-42(45)38-33-39-43(3)4)37-32-28-25-22-19-20-23-26-30-35-40(44)34-29-8-6-2/h11-12,14-15,26,28,30,32,40-41,44H,5-10,13,16-25,27,29,31,33-39H2,1-4H3. The lowest BCUT2D eigenvalue weighted by Gasteiger charge is -2.17. The molecule has 46 heavy (non-hydrogen) atoms. The molecular weight excluding hydrogens is 566 g/mol. The summed E-state index contributed by atoms with van der Waals surface area (Å²) in [5, 5.41) is 10.0. The number of esters is 1. The summed E-state index contributed by atoms with van der Waals surface area (Å²) in [6.45, 7) is 5.37. The number of hydrogen-bond donors (Lipinski definition) is 1. The maximum Gasteiger partial charge on any atom is 0.306 e. The van der Waals surface area contributed by atoms with E-state index in [4.69, 9.17) is 4.74 Å². The van der Waals surface area contributed by atoms with Crippen molar-refractivity contribution in [1.29, 1.82) is 0 Å². The number of hydrogen-bond acceptors (Lipinski definition) is 4. The number of ether oxygens (including phenoxy) is 1. The molecule has 4 nitrogen and oxygen atoms in total. The fourth-order valence-corrected chi connectivity index (χ4v) is 5.56. The summed E-state index contributed by atoms with van der Waals surface area (Å²) in [5.74, 6) is -0.0400. The van der Waals surface area contributed by atoms with Crippen molar-refractivity contribution in [3.05, 3.63) is 48.6 Å². The zero-order valence-electron chi connectivity index (χ0n) is 31.1. The van der Waals surface area contributed by atoms with Crippen molar-refractivity contribution >= 4 is 5.97 Å². The number of carbonyl (C=O) groups excluding carboxylic acids is 1. The molecule has 0 rings (SSSR count). The van der Waals surface area contributed by atoms with Crippen LogP contribution in [0, 0.1) is 0 Å². The summed E-state index contributed by atoms with van der Waals surface area (Å²) in [6, 6.07) is 0. The number of nitrogens with zero attached hydrogens (tertiary/aromatic N) is 1. The van der Waals surface area contributed by atoms with E-state index in [0.29, 0.717) is 6.42 Å². The van der Waals surface area contributed by atoms with Crippen LogP contribution in [0.5, 0.6) is 0 Å². The van der Waals surface area contributed by atoms with Gasteiger partial charge in [-0.3, -0.25) is 4.79 Å². The van der Waals surface area contributed by atoms with Crippen LogP contribution >= 0.6 is 0 Å². The Hall–Kier alpha value is -1.65. The van der Waals surface area contributed by atoms with E-state index in [2.05, 4.69) is 67.4 Å². The molecule has 0 bridgehead atoms. The smallest absolute Gasteiger partial charge is 0.306 e. The van der Waals surface area contributed by atoms with Gasteiger partial charge in [0, 0.05) is 12.8 Å². The molecule has 0 aromatic carbocycles. The largest absolute Gasteiger partial charge is 0.462 e. The summed E-state index contributed by atoms with van der Waals surface area (Å²) in [7, 11) is 4.09. The van der Waals surface area contributed by atoms with Crippen LogP contribution in [-0.2, 0) is 9.53 Å². The first-order valence-electron chi connectivity index (χ1n) is 19.6.